The third kappa shape index (κ3) is 7.47. The van der Waals surface area contributed by atoms with Gasteiger partial charge in [-0.1, -0.05) is 44.2 Å². The van der Waals surface area contributed by atoms with E-state index in [2.05, 4.69) is 24.1 Å². The van der Waals surface area contributed by atoms with Crippen LogP contribution in [0.4, 0.5) is 4.79 Å². The predicted molar refractivity (Wildman–Crippen MR) is 113 cm³/mol. The zero-order chi connectivity index (χ0) is 21.2. The fraction of sp³-hybridized carbons (Fsp3) is 0.476. The largest absolute Gasteiger partial charge is 0.459 e. The SMILES string of the molecule is CC(C)c1nc(CN(C)C(=O)N[C@@H](CCCO)C(=O)OCc2ccccc2)cs1. The summed E-state index contributed by atoms with van der Waals surface area (Å²) in [6.45, 7) is 4.57. The molecular weight excluding hydrogens is 390 g/mol. The third-order valence-electron chi connectivity index (χ3n) is 4.27. The van der Waals surface area contributed by atoms with E-state index in [1.165, 1.54) is 4.90 Å². The van der Waals surface area contributed by atoms with E-state index in [4.69, 9.17) is 9.84 Å². The Morgan fingerprint density at radius 3 is 2.62 bits per heavy atom. The zero-order valence-electron chi connectivity index (χ0n) is 17.1. The molecule has 2 aromatic rings. The Morgan fingerprint density at radius 2 is 2.00 bits per heavy atom. The Balaban J connectivity index is 1.92. The maximum Gasteiger partial charge on any atom is 0.329 e. The van der Waals surface area contributed by atoms with Crippen molar-refractivity contribution in [2.45, 2.75) is 51.8 Å². The summed E-state index contributed by atoms with van der Waals surface area (Å²) in [5.74, 6) is -0.171. The number of carbonyl (C=O) groups excluding carboxylic acids is 2. The smallest absolute Gasteiger partial charge is 0.329 e. The van der Waals surface area contributed by atoms with E-state index in [1.54, 1.807) is 18.4 Å². The van der Waals surface area contributed by atoms with Crippen LogP contribution in [0.5, 0.6) is 0 Å². The molecule has 0 spiro atoms. The zero-order valence-corrected chi connectivity index (χ0v) is 17.9. The van der Waals surface area contributed by atoms with Gasteiger partial charge in [-0.15, -0.1) is 11.3 Å². The van der Waals surface area contributed by atoms with Crippen LogP contribution in [0.3, 0.4) is 0 Å². The number of nitrogens with one attached hydrogen (secondary N) is 1. The van der Waals surface area contributed by atoms with E-state index in [9.17, 15) is 9.59 Å². The van der Waals surface area contributed by atoms with Gasteiger partial charge >= 0.3 is 12.0 Å². The molecule has 2 N–H and O–H groups in total. The van der Waals surface area contributed by atoms with Crippen molar-refractivity contribution in [3.8, 4) is 0 Å². The first-order chi connectivity index (χ1) is 13.9. The third-order valence-corrected chi connectivity index (χ3v) is 5.46. The van der Waals surface area contributed by atoms with Crippen LogP contribution in [0.15, 0.2) is 35.7 Å². The summed E-state index contributed by atoms with van der Waals surface area (Å²) >= 11 is 1.57. The maximum atomic E-state index is 12.6. The molecule has 0 saturated carbocycles. The minimum absolute atomic E-state index is 0.0645. The number of hydrogen-bond acceptors (Lipinski definition) is 6. The Bertz CT molecular complexity index is 779. The highest BCUT2D eigenvalue weighted by Gasteiger charge is 2.24. The highest BCUT2D eigenvalue weighted by Crippen LogP contribution is 2.19. The number of thiazole rings is 1. The second-order valence-corrected chi connectivity index (χ2v) is 8.04. The van der Waals surface area contributed by atoms with Crippen molar-refractivity contribution in [3.05, 3.63) is 52.0 Å². The van der Waals surface area contributed by atoms with E-state index in [-0.39, 0.29) is 19.2 Å². The lowest BCUT2D eigenvalue weighted by molar-refractivity contribution is -0.147. The second-order valence-electron chi connectivity index (χ2n) is 7.15. The summed E-state index contributed by atoms with van der Waals surface area (Å²) in [6, 6.07) is 8.14. The molecule has 1 atom stereocenters. The quantitative estimate of drug-likeness (QED) is 0.577. The van der Waals surface area contributed by atoms with Crippen LogP contribution >= 0.6 is 11.3 Å². The van der Waals surface area contributed by atoms with Gasteiger partial charge in [0.25, 0.3) is 0 Å². The van der Waals surface area contributed by atoms with Gasteiger partial charge in [0.2, 0.25) is 0 Å². The van der Waals surface area contributed by atoms with Crippen molar-refractivity contribution >= 4 is 23.3 Å². The van der Waals surface area contributed by atoms with Gasteiger partial charge in [-0.05, 0) is 18.4 Å². The Hall–Kier alpha value is -2.45. The van der Waals surface area contributed by atoms with Crippen molar-refractivity contribution in [1.29, 1.82) is 0 Å². The summed E-state index contributed by atoms with van der Waals surface area (Å²) in [4.78, 5) is 31.0. The van der Waals surface area contributed by atoms with Crippen molar-refractivity contribution in [2.24, 2.45) is 0 Å². The number of hydrogen-bond donors (Lipinski definition) is 2. The molecule has 158 valence electrons. The van der Waals surface area contributed by atoms with E-state index in [1.807, 2.05) is 35.7 Å². The number of nitrogens with zero attached hydrogens (tertiary/aromatic N) is 2. The normalized spacial score (nSPS) is 11.9. The van der Waals surface area contributed by atoms with Gasteiger partial charge in [-0.2, -0.15) is 0 Å². The topological polar surface area (TPSA) is 91.8 Å². The molecule has 1 aromatic heterocycles. The Morgan fingerprint density at radius 1 is 1.28 bits per heavy atom. The van der Waals surface area contributed by atoms with E-state index < -0.39 is 12.0 Å². The minimum Gasteiger partial charge on any atom is -0.459 e. The minimum atomic E-state index is -0.817. The number of urea groups is 1. The molecule has 8 heteroatoms. The average molecular weight is 420 g/mol. The molecule has 2 amide bonds. The Kier molecular flexibility index (Phi) is 9.08. The summed E-state index contributed by atoms with van der Waals surface area (Å²) in [5.41, 5.74) is 1.68. The Labute approximate surface area is 175 Å². The van der Waals surface area contributed by atoms with Gasteiger partial charge < -0.3 is 20.1 Å². The van der Waals surface area contributed by atoms with E-state index >= 15 is 0 Å². The molecule has 0 aliphatic rings. The molecular formula is C21H29N3O4S. The number of aliphatic hydroxyl groups excluding tert-OH is 1. The van der Waals surface area contributed by atoms with Crippen LogP contribution in [0.25, 0.3) is 0 Å². The monoisotopic (exact) mass is 419 g/mol. The molecule has 7 nitrogen and oxygen atoms in total. The van der Waals surface area contributed by atoms with Crippen LogP contribution in [-0.2, 0) is 22.7 Å². The number of aliphatic hydroxyl groups is 1. The second kappa shape index (κ2) is 11.5. The predicted octanol–water partition coefficient (Wildman–Crippen LogP) is 3.29. The molecule has 2 rings (SSSR count). The van der Waals surface area contributed by atoms with Crippen molar-refractivity contribution < 1.29 is 19.4 Å². The highest BCUT2D eigenvalue weighted by atomic mass is 32.1. The van der Waals surface area contributed by atoms with E-state index in [0.717, 1.165) is 16.3 Å². The molecule has 0 aliphatic carbocycles. The molecule has 0 radical (unpaired) electrons. The van der Waals surface area contributed by atoms with Crippen LogP contribution in [0.2, 0.25) is 0 Å². The van der Waals surface area contributed by atoms with Gasteiger partial charge in [0, 0.05) is 25.0 Å². The average Bonchev–Trinajstić information content (AvgIpc) is 3.18. The standard InChI is InChI=1S/C21H29N3O4S/c1-15(2)19-22-17(14-29-19)12-24(3)21(27)23-18(10-7-11-25)20(26)28-13-16-8-5-4-6-9-16/h4-6,8-9,14-15,18,25H,7,10-13H2,1-3H3,(H,23,27)/t18-/m0/s1. The number of ether oxygens (including phenoxy) is 1. The molecule has 1 heterocycles. The number of esters is 1. The van der Waals surface area contributed by atoms with Gasteiger partial charge in [0.1, 0.15) is 12.6 Å². The summed E-state index contributed by atoms with van der Waals surface area (Å²) in [7, 11) is 1.65. The van der Waals surface area contributed by atoms with E-state index in [0.29, 0.717) is 25.3 Å². The number of amides is 2. The van der Waals surface area contributed by atoms with Gasteiger partial charge in [0.05, 0.1) is 17.2 Å². The highest BCUT2D eigenvalue weighted by molar-refractivity contribution is 7.09. The number of aromatic nitrogens is 1. The molecule has 1 aromatic carbocycles. The molecule has 0 aliphatic heterocycles. The maximum absolute atomic E-state index is 12.6. The lowest BCUT2D eigenvalue weighted by Crippen LogP contribution is -2.47. The number of carbonyl (C=O) groups is 2. The van der Waals surface area contributed by atoms with Crippen LogP contribution < -0.4 is 5.32 Å². The summed E-state index contributed by atoms with van der Waals surface area (Å²) in [6.07, 6.45) is 0.691. The first-order valence-electron chi connectivity index (χ1n) is 9.68. The van der Waals surface area contributed by atoms with Crippen LogP contribution in [0.1, 0.15) is 48.9 Å². The molecule has 0 saturated heterocycles. The van der Waals surface area contributed by atoms with Crippen LogP contribution in [-0.4, -0.2) is 46.7 Å². The molecule has 0 unspecified atom stereocenters. The molecule has 29 heavy (non-hydrogen) atoms. The van der Waals surface area contributed by atoms with Crippen molar-refractivity contribution in [3.63, 3.8) is 0 Å². The van der Waals surface area contributed by atoms with Gasteiger partial charge in [-0.25, -0.2) is 14.6 Å². The fourth-order valence-electron chi connectivity index (χ4n) is 2.61. The summed E-state index contributed by atoms with van der Waals surface area (Å²) in [5, 5.41) is 14.8. The number of rotatable bonds is 10. The van der Waals surface area contributed by atoms with Gasteiger partial charge in [0.15, 0.2) is 0 Å². The van der Waals surface area contributed by atoms with Gasteiger partial charge in [-0.3, -0.25) is 0 Å². The first kappa shape index (κ1) is 22.8. The lowest BCUT2D eigenvalue weighted by atomic mass is 10.1. The summed E-state index contributed by atoms with van der Waals surface area (Å²) < 4.78 is 5.35. The van der Waals surface area contributed by atoms with Crippen LogP contribution in [0, 0.1) is 0 Å². The lowest BCUT2D eigenvalue weighted by Gasteiger charge is -2.22. The van der Waals surface area contributed by atoms with Crippen molar-refractivity contribution in [1.82, 2.24) is 15.2 Å². The first-order valence-corrected chi connectivity index (χ1v) is 10.6. The van der Waals surface area contributed by atoms with Crippen molar-refractivity contribution in [2.75, 3.05) is 13.7 Å². The number of benzene rings is 1. The molecule has 0 bridgehead atoms. The fourth-order valence-corrected chi connectivity index (χ4v) is 3.43. The molecule has 0 fully saturated rings.